The minimum absolute atomic E-state index is 0.175. The molecule has 1 saturated heterocycles. The van der Waals surface area contributed by atoms with E-state index < -0.39 is 5.25 Å². The molecule has 1 aliphatic rings. The summed E-state index contributed by atoms with van der Waals surface area (Å²) in [6.45, 7) is 4.22. The highest BCUT2D eigenvalue weighted by Gasteiger charge is 2.29. The molecule has 0 unspecified atom stereocenters. The smallest absolute Gasteiger partial charge is 0.288 e. The Balaban J connectivity index is 1.56. The normalized spacial score (nSPS) is 15.2. The molecule has 1 aromatic carbocycles. The lowest BCUT2D eigenvalue weighted by Crippen LogP contribution is -2.39. The lowest BCUT2D eigenvalue weighted by atomic mass is 10.1. The molecule has 10 heteroatoms. The van der Waals surface area contributed by atoms with Crippen molar-refractivity contribution in [3.8, 4) is 11.4 Å². The van der Waals surface area contributed by atoms with E-state index in [9.17, 15) is 14.4 Å². The van der Waals surface area contributed by atoms with Crippen LogP contribution >= 0.6 is 23.5 Å². The third-order valence-corrected chi connectivity index (χ3v) is 6.34. The molecule has 2 aromatic rings. The van der Waals surface area contributed by atoms with Crippen LogP contribution in [0.25, 0.3) is 11.4 Å². The van der Waals surface area contributed by atoms with E-state index in [1.165, 1.54) is 16.7 Å². The van der Waals surface area contributed by atoms with Crippen molar-refractivity contribution in [2.45, 2.75) is 24.3 Å². The molecule has 0 saturated carbocycles. The summed E-state index contributed by atoms with van der Waals surface area (Å²) in [6.07, 6.45) is 0. The molecule has 1 aromatic heterocycles. The summed E-state index contributed by atoms with van der Waals surface area (Å²) in [7, 11) is 1.87. The molecular weight excluding hydrogens is 398 g/mol. The summed E-state index contributed by atoms with van der Waals surface area (Å²) in [6, 6.07) is 7.93. The highest BCUT2D eigenvalue weighted by atomic mass is 32.2. The van der Waals surface area contributed by atoms with E-state index >= 15 is 0 Å². The second-order valence-corrected chi connectivity index (χ2v) is 8.57. The van der Waals surface area contributed by atoms with Gasteiger partial charge in [0, 0.05) is 25.7 Å². The van der Waals surface area contributed by atoms with Gasteiger partial charge in [-0.25, -0.2) is 0 Å². The van der Waals surface area contributed by atoms with Gasteiger partial charge in [0.1, 0.15) is 0 Å². The number of aromatic nitrogens is 3. The number of imide groups is 1. The van der Waals surface area contributed by atoms with Crippen LogP contribution in [-0.4, -0.2) is 60.8 Å². The van der Waals surface area contributed by atoms with Crippen molar-refractivity contribution in [3.05, 3.63) is 29.8 Å². The molecule has 0 bridgehead atoms. The number of nitrogens with zero attached hydrogens (tertiary/aromatic N) is 4. The first-order valence-corrected chi connectivity index (χ1v) is 10.6. The van der Waals surface area contributed by atoms with Crippen LogP contribution in [-0.2, 0) is 16.6 Å². The van der Waals surface area contributed by atoms with Crippen LogP contribution in [0.4, 0.5) is 4.79 Å². The Morgan fingerprint density at radius 3 is 2.75 bits per heavy atom. The van der Waals surface area contributed by atoms with Gasteiger partial charge in [0.2, 0.25) is 11.8 Å². The first-order valence-electron chi connectivity index (χ1n) is 8.75. The maximum absolute atomic E-state index is 12.3. The fourth-order valence-electron chi connectivity index (χ4n) is 2.72. The number of carbonyl (C=O) groups excluding carboxylic acids is 3. The Bertz CT molecular complexity index is 898. The lowest BCUT2D eigenvalue weighted by Gasteiger charge is -2.15. The standard InChI is InChI=1S/C18H21N5O3S2/c1-11-6-4-5-7-13(11)15-20-21-17(22(15)3)28-12(2)16(25)19-8-9-23-14(24)10-27-18(23)26/h4-7,12H,8-10H2,1-3H3,(H,19,25)/t12-/m1/s1. The number of nitrogens with one attached hydrogen (secondary N) is 1. The van der Waals surface area contributed by atoms with Gasteiger partial charge in [-0.15, -0.1) is 10.2 Å². The Labute approximate surface area is 171 Å². The van der Waals surface area contributed by atoms with Gasteiger partial charge in [0.25, 0.3) is 5.24 Å². The van der Waals surface area contributed by atoms with Gasteiger partial charge in [-0.2, -0.15) is 0 Å². The van der Waals surface area contributed by atoms with Crippen LogP contribution in [0.3, 0.4) is 0 Å². The number of rotatable bonds is 7. The Hall–Kier alpha value is -2.33. The molecular formula is C18H21N5O3S2. The zero-order chi connectivity index (χ0) is 20.3. The maximum atomic E-state index is 12.3. The molecule has 1 fully saturated rings. The van der Waals surface area contributed by atoms with Crippen LogP contribution in [0, 0.1) is 6.92 Å². The van der Waals surface area contributed by atoms with Gasteiger partial charge in [-0.3, -0.25) is 19.3 Å². The first-order chi connectivity index (χ1) is 13.4. The molecule has 2 heterocycles. The Morgan fingerprint density at radius 2 is 2.07 bits per heavy atom. The molecule has 28 heavy (non-hydrogen) atoms. The number of benzene rings is 1. The van der Waals surface area contributed by atoms with E-state index in [0.717, 1.165) is 28.7 Å². The predicted molar refractivity (Wildman–Crippen MR) is 109 cm³/mol. The minimum Gasteiger partial charge on any atom is -0.353 e. The number of thioether (sulfide) groups is 2. The summed E-state index contributed by atoms with van der Waals surface area (Å²) in [5.41, 5.74) is 2.10. The average molecular weight is 420 g/mol. The summed E-state index contributed by atoms with van der Waals surface area (Å²) in [5.74, 6) is 0.525. The van der Waals surface area contributed by atoms with Crippen LogP contribution in [0.15, 0.2) is 29.4 Å². The lowest BCUT2D eigenvalue weighted by molar-refractivity contribution is -0.125. The average Bonchev–Trinajstić information content (AvgIpc) is 3.18. The van der Waals surface area contributed by atoms with Crippen LogP contribution in [0.1, 0.15) is 12.5 Å². The molecule has 1 N–H and O–H groups in total. The maximum Gasteiger partial charge on any atom is 0.288 e. The Kier molecular flexibility index (Phi) is 6.40. The molecule has 148 valence electrons. The number of hydrogen-bond donors (Lipinski definition) is 1. The summed E-state index contributed by atoms with van der Waals surface area (Å²) < 4.78 is 1.87. The topological polar surface area (TPSA) is 97.2 Å². The molecule has 0 radical (unpaired) electrons. The van der Waals surface area contributed by atoms with E-state index in [4.69, 9.17) is 0 Å². The molecule has 3 rings (SSSR count). The zero-order valence-corrected chi connectivity index (χ0v) is 17.5. The van der Waals surface area contributed by atoms with E-state index in [0.29, 0.717) is 5.16 Å². The third kappa shape index (κ3) is 4.39. The van der Waals surface area contributed by atoms with Crippen molar-refractivity contribution in [2.75, 3.05) is 18.8 Å². The molecule has 1 aliphatic heterocycles. The van der Waals surface area contributed by atoms with Gasteiger partial charge in [-0.05, 0) is 19.4 Å². The highest BCUT2D eigenvalue weighted by molar-refractivity contribution is 8.14. The van der Waals surface area contributed by atoms with Gasteiger partial charge in [0.15, 0.2) is 11.0 Å². The van der Waals surface area contributed by atoms with Crippen molar-refractivity contribution in [1.82, 2.24) is 25.0 Å². The molecule has 1 atom stereocenters. The van der Waals surface area contributed by atoms with Crippen molar-refractivity contribution >= 4 is 40.6 Å². The quantitative estimate of drug-likeness (QED) is 0.686. The number of aryl methyl sites for hydroxylation is 1. The first kappa shape index (κ1) is 20.4. The molecule has 8 nitrogen and oxygen atoms in total. The van der Waals surface area contributed by atoms with E-state index in [1.54, 1.807) is 6.92 Å². The second kappa shape index (κ2) is 8.78. The molecule has 0 aliphatic carbocycles. The SMILES string of the molecule is Cc1ccccc1-c1nnc(S[C@H](C)C(=O)NCCN2C(=O)CSC2=O)n1C. The van der Waals surface area contributed by atoms with Crippen molar-refractivity contribution in [3.63, 3.8) is 0 Å². The van der Waals surface area contributed by atoms with Gasteiger partial charge in [0.05, 0.1) is 11.0 Å². The van der Waals surface area contributed by atoms with Crippen molar-refractivity contribution < 1.29 is 14.4 Å². The summed E-state index contributed by atoms with van der Waals surface area (Å²) in [4.78, 5) is 36.6. The highest BCUT2D eigenvalue weighted by Crippen LogP contribution is 2.27. The van der Waals surface area contributed by atoms with E-state index in [-0.39, 0.29) is 35.9 Å². The van der Waals surface area contributed by atoms with Crippen LogP contribution < -0.4 is 5.32 Å². The number of carbonyl (C=O) groups is 3. The van der Waals surface area contributed by atoms with Gasteiger partial charge in [-0.1, -0.05) is 47.8 Å². The Morgan fingerprint density at radius 1 is 1.32 bits per heavy atom. The van der Waals surface area contributed by atoms with Crippen LogP contribution in [0.5, 0.6) is 0 Å². The van der Waals surface area contributed by atoms with Crippen LogP contribution in [0.2, 0.25) is 0 Å². The minimum atomic E-state index is -0.396. The predicted octanol–water partition coefficient (Wildman–Crippen LogP) is 2.08. The number of hydrogen-bond acceptors (Lipinski definition) is 7. The molecule has 0 spiro atoms. The van der Waals surface area contributed by atoms with Gasteiger partial charge >= 0.3 is 0 Å². The fraction of sp³-hybridized carbons (Fsp3) is 0.389. The third-order valence-electron chi connectivity index (χ3n) is 4.35. The van der Waals surface area contributed by atoms with E-state index in [1.807, 2.05) is 42.8 Å². The second-order valence-electron chi connectivity index (χ2n) is 6.33. The van der Waals surface area contributed by atoms with E-state index in [2.05, 4.69) is 15.5 Å². The van der Waals surface area contributed by atoms with Crippen molar-refractivity contribution in [2.24, 2.45) is 7.05 Å². The number of amides is 3. The summed E-state index contributed by atoms with van der Waals surface area (Å²) in [5, 5.41) is 11.2. The summed E-state index contributed by atoms with van der Waals surface area (Å²) >= 11 is 2.30. The largest absolute Gasteiger partial charge is 0.353 e. The fourth-order valence-corrected chi connectivity index (χ4v) is 4.31. The van der Waals surface area contributed by atoms with Gasteiger partial charge < -0.3 is 9.88 Å². The molecule has 3 amide bonds. The zero-order valence-electron chi connectivity index (χ0n) is 15.8. The monoisotopic (exact) mass is 419 g/mol. The van der Waals surface area contributed by atoms with Crippen molar-refractivity contribution in [1.29, 1.82) is 0 Å².